The third kappa shape index (κ3) is 4.04. The second-order valence-electron chi connectivity index (χ2n) is 4.72. The van der Waals surface area contributed by atoms with Crippen LogP contribution in [0, 0.1) is 3.57 Å². The Balaban J connectivity index is 2.01. The van der Waals surface area contributed by atoms with Crippen molar-refractivity contribution in [1.82, 2.24) is 10.2 Å². The zero-order valence-corrected chi connectivity index (χ0v) is 14.4. The molecule has 0 radical (unpaired) electrons. The molecule has 5 heteroatoms. The smallest absolute Gasteiger partial charge is 0.251 e. The Labute approximate surface area is 137 Å². The Hall–Kier alpha value is -0.920. The molecule has 0 fully saturated rings. The molecule has 2 aromatic rings. The van der Waals surface area contributed by atoms with E-state index in [0.29, 0.717) is 12.1 Å². The van der Waals surface area contributed by atoms with E-state index in [9.17, 15) is 4.79 Å². The van der Waals surface area contributed by atoms with E-state index in [0.717, 1.165) is 3.57 Å². The quantitative estimate of drug-likeness (QED) is 0.781. The summed E-state index contributed by atoms with van der Waals surface area (Å²) in [5.41, 5.74) is 0.709. The Morgan fingerprint density at radius 1 is 1.35 bits per heavy atom. The normalized spacial score (nSPS) is 12.4. The second-order valence-corrected chi connectivity index (χ2v) is 6.94. The molecule has 0 saturated carbocycles. The highest BCUT2D eigenvalue weighted by molar-refractivity contribution is 14.1. The molecule has 0 spiro atoms. The highest BCUT2D eigenvalue weighted by atomic mass is 127. The largest absolute Gasteiger partial charge is 0.350 e. The first-order chi connectivity index (χ1) is 9.58. The number of carbonyl (C=O) groups is 1. The Morgan fingerprint density at radius 3 is 2.75 bits per heavy atom. The van der Waals surface area contributed by atoms with E-state index in [1.165, 1.54) is 4.88 Å². The molecular weight excluding hydrogens is 383 g/mol. The number of thiophene rings is 1. The topological polar surface area (TPSA) is 32.3 Å². The van der Waals surface area contributed by atoms with Crippen molar-refractivity contribution in [2.75, 3.05) is 20.6 Å². The van der Waals surface area contributed by atoms with Gasteiger partial charge in [-0.2, -0.15) is 0 Å². The second kappa shape index (κ2) is 7.19. The molecule has 106 valence electrons. The molecule has 1 heterocycles. The van der Waals surface area contributed by atoms with Crippen molar-refractivity contribution >= 4 is 39.8 Å². The van der Waals surface area contributed by atoms with E-state index in [1.807, 2.05) is 44.4 Å². The van der Waals surface area contributed by atoms with Gasteiger partial charge in [-0.1, -0.05) is 12.1 Å². The first-order valence-corrected chi connectivity index (χ1v) is 8.27. The van der Waals surface area contributed by atoms with Gasteiger partial charge in [0, 0.05) is 20.6 Å². The summed E-state index contributed by atoms with van der Waals surface area (Å²) in [5.74, 6) is -0.0214. The molecule has 3 nitrogen and oxygen atoms in total. The molecule has 1 aromatic carbocycles. The number of nitrogens with one attached hydrogen (secondary N) is 1. The van der Waals surface area contributed by atoms with E-state index in [-0.39, 0.29) is 11.9 Å². The summed E-state index contributed by atoms with van der Waals surface area (Å²) < 4.78 is 1.07. The lowest BCUT2D eigenvalue weighted by molar-refractivity contribution is 0.0942. The van der Waals surface area contributed by atoms with Crippen LogP contribution in [0.25, 0.3) is 0 Å². The minimum Gasteiger partial charge on any atom is -0.350 e. The van der Waals surface area contributed by atoms with Gasteiger partial charge >= 0.3 is 0 Å². The van der Waals surface area contributed by atoms with Crippen LogP contribution in [0.3, 0.4) is 0 Å². The SMILES string of the molecule is CN(C)[C@@H](CNC(=O)c1cccc(I)c1)c1cccs1. The molecule has 1 amide bonds. The standard InChI is InChI=1S/C15H17IN2OS/c1-18(2)13(14-7-4-8-20-14)10-17-15(19)11-5-3-6-12(16)9-11/h3-9,13H,10H2,1-2H3,(H,17,19)/t13-/m0/s1. The maximum Gasteiger partial charge on any atom is 0.251 e. The zero-order valence-electron chi connectivity index (χ0n) is 11.5. The van der Waals surface area contributed by atoms with Crippen molar-refractivity contribution in [2.24, 2.45) is 0 Å². The van der Waals surface area contributed by atoms with Crippen LogP contribution in [-0.2, 0) is 0 Å². The zero-order chi connectivity index (χ0) is 14.5. The number of hydrogen-bond acceptors (Lipinski definition) is 3. The third-order valence-corrected chi connectivity index (χ3v) is 4.68. The number of amides is 1. The van der Waals surface area contributed by atoms with Gasteiger partial charge in [0.25, 0.3) is 5.91 Å². The summed E-state index contributed by atoms with van der Waals surface area (Å²) in [5, 5.41) is 5.08. The van der Waals surface area contributed by atoms with Gasteiger partial charge in [-0.3, -0.25) is 4.79 Å². The highest BCUT2D eigenvalue weighted by Gasteiger charge is 2.16. The number of likely N-dealkylation sites (N-methyl/N-ethyl adjacent to an activating group) is 1. The minimum atomic E-state index is -0.0214. The summed E-state index contributed by atoms with van der Waals surface area (Å²) >= 11 is 3.93. The van der Waals surface area contributed by atoms with Gasteiger partial charge in [-0.05, 0) is 66.3 Å². The monoisotopic (exact) mass is 400 g/mol. The van der Waals surface area contributed by atoms with Crippen LogP contribution in [0.4, 0.5) is 0 Å². The number of benzene rings is 1. The van der Waals surface area contributed by atoms with Crippen molar-refractivity contribution in [3.05, 3.63) is 55.8 Å². The lowest BCUT2D eigenvalue weighted by Crippen LogP contribution is -2.34. The van der Waals surface area contributed by atoms with Crippen LogP contribution in [-0.4, -0.2) is 31.4 Å². The number of nitrogens with zero attached hydrogens (tertiary/aromatic N) is 1. The summed E-state index contributed by atoms with van der Waals surface area (Å²) in [7, 11) is 4.06. The first kappa shape index (κ1) is 15.5. The third-order valence-electron chi connectivity index (χ3n) is 3.04. The number of halogens is 1. The van der Waals surface area contributed by atoms with Crippen LogP contribution in [0.15, 0.2) is 41.8 Å². The van der Waals surface area contributed by atoms with Crippen LogP contribution in [0.1, 0.15) is 21.3 Å². The molecule has 0 aliphatic rings. The van der Waals surface area contributed by atoms with Crippen molar-refractivity contribution < 1.29 is 4.79 Å². The first-order valence-electron chi connectivity index (χ1n) is 6.31. The van der Waals surface area contributed by atoms with Crippen LogP contribution >= 0.6 is 33.9 Å². The average Bonchev–Trinajstić information content (AvgIpc) is 2.92. The number of hydrogen-bond donors (Lipinski definition) is 1. The molecule has 0 saturated heterocycles. The molecule has 0 aliphatic heterocycles. The van der Waals surface area contributed by atoms with E-state index >= 15 is 0 Å². The van der Waals surface area contributed by atoms with E-state index in [2.05, 4.69) is 44.3 Å². The Bertz CT molecular complexity index is 569. The fraction of sp³-hybridized carbons (Fsp3) is 0.267. The molecule has 1 aromatic heterocycles. The Kier molecular flexibility index (Phi) is 5.56. The lowest BCUT2D eigenvalue weighted by Gasteiger charge is -2.23. The van der Waals surface area contributed by atoms with Gasteiger partial charge in [0.2, 0.25) is 0 Å². The van der Waals surface area contributed by atoms with Gasteiger partial charge in [0.1, 0.15) is 0 Å². The fourth-order valence-electron chi connectivity index (χ4n) is 1.94. The molecule has 20 heavy (non-hydrogen) atoms. The van der Waals surface area contributed by atoms with E-state index in [1.54, 1.807) is 11.3 Å². The van der Waals surface area contributed by atoms with Gasteiger partial charge in [0.05, 0.1) is 6.04 Å². The van der Waals surface area contributed by atoms with Crippen LogP contribution in [0.5, 0.6) is 0 Å². The van der Waals surface area contributed by atoms with Crippen molar-refractivity contribution in [3.63, 3.8) is 0 Å². The highest BCUT2D eigenvalue weighted by Crippen LogP contribution is 2.22. The van der Waals surface area contributed by atoms with Gasteiger partial charge < -0.3 is 10.2 Å². The maximum absolute atomic E-state index is 12.2. The molecule has 1 atom stereocenters. The van der Waals surface area contributed by atoms with Gasteiger partial charge in [-0.15, -0.1) is 11.3 Å². The van der Waals surface area contributed by atoms with Gasteiger partial charge in [-0.25, -0.2) is 0 Å². The summed E-state index contributed by atoms with van der Waals surface area (Å²) in [6.07, 6.45) is 0. The maximum atomic E-state index is 12.2. The Morgan fingerprint density at radius 2 is 2.15 bits per heavy atom. The predicted molar refractivity (Wildman–Crippen MR) is 92.2 cm³/mol. The van der Waals surface area contributed by atoms with Crippen molar-refractivity contribution in [3.8, 4) is 0 Å². The molecule has 2 rings (SSSR count). The number of carbonyl (C=O) groups excluding carboxylic acids is 1. The molecule has 1 N–H and O–H groups in total. The minimum absolute atomic E-state index is 0.0214. The predicted octanol–water partition coefficient (Wildman–Crippen LogP) is 3.39. The van der Waals surface area contributed by atoms with Crippen LogP contribution in [0.2, 0.25) is 0 Å². The molecule has 0 aliphatic carbocycles. The average molecular weight is 400 g/mol. The summed E-state index contributed by atoms with van der Waals surface area (Å²) in [6, 6.07) is 12.0. The molecule has 0 bridgehead atoms. The van der Waals surface area contributed by atoms with Crippen LogP contribution < -0.4 is 5.32 Å². The molecular formula is C15H17IN2OS. The van der Waals surface area contributed by atoms with Gasteiger partial charge in [0.15, 0.2) is 0 Å². The van der Waals surface area contributed by atoms with E-state index in [4.69, 9.17) is 0 Å². The van der Waals surface area contributed by atoms with Crippen molar-refractivity contribution in [1.29, 1.82) is 0 Å². The fourth-order valence-corrected chi connectivity index (χ4v) is 3.41. The molecule has 0 unspecified atom stereocenters. The number of rotatable bonds is 5. The summed E-state index contributed by atoms with van der Waals surface area (Å²) in [4.78, 5) is 15.6. The lowest BCUT2D eigenvalue weighted by atomic mass is 10.2. The summed E-state index contributed by atoms with van der Waals surface area (Å²) in [6.45, 7) is 0.609. The van der Waals surface area contributed by atoms with E-state index < -0.39 is 0 Å². The van der Waals surface area contributed by atoms with Crippen molar-refractivity contribution in [2.45, 2.75) is 6.04 Å².